The highest BCUT2D eigenvalue weighted by Gasteiger charge is 2.50. The maximum absolute atomic E-state index is 9.82. The van der Waals surface area contributed by atoms with Gasteiger partial charge in [0.25, 0.3) is 0 Å². The molecule has 0 bridgehead atoms. The molecule has 1 aromatic heterocycles. The fraction of sp³-hybridized carbons (Fsp3) is 0.417. The molecule has 0 saturated heterocycles. The number of nitrogens with zero attached hydrogens (tertiary/aromatic N) is 3. The Morgan fingerprint density at radius 2 is 1.83 bits per heavy atom. The highest BCUT2D eigenvalue weighted by atomic mass is 32.2. The zero-order chi connectivity index (χ0) is 20.1. The fourth-order valence-corrected chi connectivity index (χ4v) is 5.65. The van der Waals surface area contributed by atoms with Crippen LogP contribution in [0.5, 0.6) is 0 Å². The van der Waals surface area contributed by atoms with Gasteiger partial charge in [0.1, 0.15) is 11.6 Å². The van der Waals surface area contributed by atoms with E-state index in [1.165, 1.54) is 22.3 Å². The lowest BCUT2D eigenvalue weighted by Crippen LogP contribution is -2.28. The summed E-state index contributed by atoms with van der Waals surface area (Å²) < 4.78 is 2.17. The first kappa shape index (κ1) is 18.9. The molecule has 4 nitrogen and oxygen atoms in total. The van der Waals surface area contributed by atoms with E-state index >= 15 is 0 Å². The number of aromatic nitrogens is 3. The molecule has 1 aliphatic heterocycles. The summed E-state index contributed by atoms with van der Waals surface area (Å²) in [6.07, 6.45) is 3.02. The van der Waals surface area contributed by atoms with Gasteiger partial charge in [-0.3, -0.25) is 0 Å². The summed E-state index contributed by atoms with van der Waals surface area (Å²) in [6.45, 7) is 5.38. The van der Waals surface area contributed by atoms with Crippen LogP contribution >= 0.6 is 11.8 Å². The van der Waals surface area contributed by atoms with Gasteiger partial charge >= 0.3 is 0 Å². The highest BCUT2D eigenvalue weighted by molar-refractivity contribution is 8.00. The lowest BCUT2D eigenvalue weighted by molar-refractivity contribution is 0.254. The topological polar surface area (TPSA) is 50.9 Å². The molecule has 2 aliphatic rings. The van der Waals surface area contributed by atoms with Gasteiger partial charge in [0.05, 0.1) is 12.0 Å². The molecule has 1 fully saturated rings. The SMILES string of the molecule is Cc1ccccc1-c1ccc(C2(c3nnc4n3CCSC(C)(CO)C4)CC2)cc1. The third-order valence-electron chi connectivity index (χ3n) is 6.53. The van der Waals surface area contributed by atoms with Gasteiger partial charge in [-0.1, -0.05) is 48.5 Å². The monoisotopic (exact) mass is 405 g/mol. The van der Waals surface area contributed by atoms with Crippen LogP contribution in [0.15, 0.2) is 48.5 Å². The Balaban J connectivity index is 1.48. The van der Waals surface area contributed by atoms with Crippen molar-refractivity contribution >= 4 is 11.8 Å². The van der Waals surface area contributed by atoms with Crippen LogP contribution in [0.4, 0.5) is 0 Å². The second-order valence-electron chi connectivity index (χ2n) is 8.70. The standard InChI is InChI=1S/C24H27N3OS/c1-17-5-3-4-6-20(17)18-7-9-19(10-8-18)24(11-12-24)22-26-25-21-15-23(2,16-28)29-14-13-27(21)22/h3-10,28H,11-16H2,1-2H3. The molecule has 2 heterocycles. The minimum atomic E-state index is -0.162. The molecule has 5 rings (SSSR count). The number of hydrogen-bond acceptors (Lipinski definition) is 4. The average molecular weight is 406 g/mol. The van der Waals surface area contributed by atoms with Crippen LogP contribution in [-0.2, 0) is 18.4 Å². The first-order valence-corrected chi connectivity index (χ1v) is 11.4. The van der Waals surface area contributed by atoms with Crippen molar-refractivity contribution < 1.29 is 5.11 Å². The molecule has 3 aromatic rings. The molecule has 2 aromatic carbocycles. The molecular weight excluding hydrogens is 378 g/mol. The number of thioether (sulfide) groups is 1. The van der Waals surface area contributed by atoms with E-state index < -0.39 is 0 Å². The van der Waals surface area contributed by atoms with E-state index in [2.05, 4.69) is 77.1 Å². The highest BCUT2D eigenvalue weighted by Crippen LogP contribution is 2.53. The molecule has 1 saturated carbocycles. The number of hydrogen-bond donors (Lipinski definition) is 1. The van der Waals surface area contributed by atoms with Crippen LogP contribution in [0.1, 0.15) is 42.5 Å². The Hall–Kier alpha value is -2.11. The normalized spacial score (nSPS) is 22.7. The molecule has 1 atom stereocenters. The van der Waals surface area contributed by atoms with Crippen LogP contribution in [0, 0.1) is 6.92 Å². The van der Waals surface area contributed by atoms with Crippen molar-refractivity contribution in [1.82, 2.24) is 14.8 Å². The van der Waals surface area contributed by atoms with E-state index in [1.54, 1.807) is 0 Å². The molecule has 0 spiro atoms. The smallest absolute Gasteiger partial charge is 0.143 e. The summed E-state index contributed by atoms with van der Waals surface area (Å²) in [4.78, 5) is 0. The largest absolute Gasteiger partial charge is 0.395 e. The Morgan fingerprint density at radius 3 is 2.52 bits per heavy atom. The number of rotatable bonds is 4. The second-order valence-corrected chi connectivity index (χ2v) is 10.4. The van der Waals surface area contributed by atoms with Crippen molar-refractivity contribution in [2.75, 3.05) is 12.4 Å². The summed E-state index contributed by atoms with van der Waals surface area (Å²) in [5.74, 6) is 3.11. The number of aliphatic hydroxyl groups excluding tert-OH is 1. The Morgan fingerprint density at radius 1 is 1.07 bits per heavy atom. The van der Waals surface area contributed by atoms with E-state index in [9.17, 15) is 5.11 Å². The minimum Gasteiger partial charge on any atom is -0.395 e. The van der Waals surface area contributed by atoms with Gasteiger partial charge in [0.15, 0.2) is 0 Å². The maximum atomic E-state index is 9.82. The van der Waals surface area contributed by atoms with E-state index in [1.807, 2.05) is 11.8 Å². The lowest BCUT2D eigenvalue weighted by atomic mass is 9.92. The van der Waals surface area contributed by atoms with Gasteiger partial charge in [0.2, 0.25) is 0 Å². The van der Waals surface area contributed by atoms with Crippen LogP contribution in [0.25, 0.3) is 11.1 Å². The van der Waals surface area contributed by atoms with Gasteiger partial charge < -0.3 is 9.67 Å². The summed E-state index contributed by atoms with van der Waals surface area (Å²) >= 11 is 1.85. The molecule has 29 heavy (non-hydrogen) atoms. The number of aryl methyl sites for hydroxylation is 1. The first-order chi connectivity index (χ1) is 14.0. The first-order valence-electron chi connectivity index (χ1n) is 10.4. The number of aliphatic hydroxyl groups is 1. The molecule has 1 unspecified atom stereocenters. The molecular formula is C24H27N3OS. The van der Waals surface area contributed by atoms with Crippen LogP contribution < -0.4 is 0 Å². The number of fused-ring (bicyclic) bond motifs is 1. The van der Waals surface area contributed by atoms with Gasteiger partial charge in [-0.25, -0.2) is 0 Å². The van der Waals surface area contributed by atoms with Crippen molar-refractivity contribution in [3.8, 4) is 11.1 Å². The molecule has 150 valence electrons. The third kappa shape index (κ3) is 3.21. The summed E-state index contributed by atoms with van der Waals surface area (Å²) in [7, 11) is 0. The quantitative estimate of drug-likeness (QED) is 0.700. The summed E-state index contributed by atoms with van der Waals surface area (Å²) in [5.41, 5.74) is 5.19. The predicted octanol–water partition coefficient (Wildman–Crippen LogP) is 4.37. The van der Waals surface area contributed by atoms with Crippen molar-refractivity contribution in [3.05, 3.63) is 71.3 Å². The molecule has 1 N–H and O–H groups in total. The second kappa shape index (κ2) is 6.99. The predicted molar refractivity (Wildman–Crippen MR) is 118 cm³/mol. The van der Waals surface area contributed by atoms with E-state index in [4.69, 9.17) is 0 Å². The van der Waals surface area contributed by atoms with E-state index in [0.29, 0.717) is 0 Å². The average Bonchev–Trinajstić information content (AvgIpc) is 3.48. The van der Waals surface area contributed by atoms with Gasteiger partial charge in [-0.2, -0.15) is 11.8 Å². The fourth-order valence-electron chi connectivity index (χ4n) is 4.56. The number of benzene rings is 2. The lowest BCUT2D eigenvalue weighted by Gasteiger charge is -2.23. The van der Waals surface area contributed by atoms with Crippen molar-refractivity contribution in [2.45, 2.75) is 49.8 Å². The minimum absolute atomic E-state index is 0.000134. The van der Waals surface area contributed by atoms with Gasteiger partial charge in [-0.15, -0.1) is 10.2 Å². The van der Waals surface area contributed by atoms with E-state index in [-0.39, 0.29) is 16.8 Å². The Kier molecular flexibility index (Phi) is 4.56. The molecule has 0 amide bonds. The van der Waals surface area contributed by atoms with E-state index in [0.717, 1.165) is 43.2 Å². The zero-order valence-corrected chi connectivity index (χ0v) is 17.9. The zero-order valence-electron chi connectivity index (χ0n) is 17.1. The molecule has 0 radical (unpaired) electrons. The molecule has 5 heteroatoms. The Labute approximate surface area is 176 Å². The van der Waals surface area contributed by atoms with Crippen LogP contribution in [0.3, 0.4) is 0 Å². The summed E-state index contributed by atoms with van der Waals surface area (Å²) in [6, 6.07) is 17.6. The van der Waals surface area contributed by atoms with Crippen molar-refractivity contribution in [2.24, 2.45) is 0 Å². The van der Waals surface area contributed by atoms with Crippen LogP contribution in [-0.4, -0.2) is 37.0 Å². The maximum Gasteiger partial charge on any atom is 0.143 e. The Bertz CT molecular complexity index is 1040. The summed E-state index contributed by atoms with van der Waals surface area (Å²) in [5, 5.41) is 19.0. The molecule has 1 aliphatic carbocycles. The third-order valence-corrected chi connectivity index (χ3v) is 7.89. The van der Waals surface area contributed by atoms with Crippen molar-refractivity contribution in [1.29, 1.82) is 0 Å². The van der Waals surface area contributed by atoms with Crippen molar-refractivity contribution in [3.63, 3.8) is 0 Å². The van der Waals surface area contributed by atoms with Gasteiger partial charge in [0, 0.05) is 23.5 Å². The van der Waals surface area contributed by atoms with Crippen LogP contribution in [0.2, 0.25) is 0 Å². The van der Waals surface area contributed by atoms with Gasteiger partial charge in [-0.05, 0) is 48.9 Å².